The highest BCUT2D eigenvalue weighted by Crippen LogP contribution is 2.26. The fraction of sp³-hybridized carbons (Fsp3) is 0.571. The zero-order chi connectivity index (χ0) is 10.7. The molecule has 0 radical (unpaired) electrons. The molecule has 2 rings (SSSR count). The molecule has 0 N–H and O–H groups in total. The van der Waals surface area contributed by atoms with Crippen LogP contribution in [-0.4, -0.2) is 23.5 Å². The molecule has 0 bridgehead atoms. The van der Waals surface area contributed by atoms with Crippen LogP contribution in [0.3, 0.4) is 0 Å². The number of benzene rings is 1. The third-order valence-electron chi connectivity index (χ3n) is 3.52. The van der Waals surface area contributed by atoms with Crippen molar-refractivity contribution in [1.82, 2.24) is 4.90 Å². The Morgan fingerprint density at radius 3 is 2.73 bits per heavy atom. The van der Waals surface area contributed by atoms with E-state index < -0.39 is 0 Å². The monoisotopic (exact) mass is 203 g/mol. The van der Waals surface area contributed by atoms with Gasteiger partial charge in [-0.3, -0.25) is 4.90 Å². The van der Waals surface area contributed by atoms with Gasteiger partial charge in [-0.1, -0.05) is 37.3 Å². The molecule has 0 saturated carbocycles. The third-order valence-corrected chi connectivity index (χ3v) is 3.52. The molecule has 1 aliphatic rings. The summed E-state index contributed by atoms with van der Waals surface area (Å²) in [5.74, 6) is 0. The molecule has 1 heteroatoms. The molecule has 82 valence electrons. The van der Waals surface area contributed by atoms with Crippen molar-refractivity contribution in [3.8, 4) is 0 Å². The Morgan fingerprint density at radius 1 is 1.33 bits per heavy atom. The van der Waals surface area contributed by atoms with E-state index >= 15 is 0 Å². The smallest absolute Gasteiger partial charge is 0.0230 e. The molecule has 1 saturated heterocycles. The molecule has 1 aliphatic heterocycles. The summed E-state index contributed by atoms with van der Waals surface area (Å²) in [5.41, 5.74) is 1.48. The van der Waals surface area contributed by atoms with Crippen LogP contribution in [0, 0.1) is 0 Å². The van der Waals surface area contributed by atoms with Gasteiger partial charge >= 0.3 is 0 Å². The summed E-state index contributed by atoms with van der Waals surface area (Å²) >= 11 is 0. The van der Waals surface area contributed by atoms with E-state index in [1.807, 2.05) is 0 Å². The standard InChI is InChI=1S/C14H21N/c1-3-12(2)15-11-14(15)10-9-13-7-5-4-6-8-13/h4-8,12,14H,3,9-11H2,1-2H3. The van der Waals surface area contributed by atoms with E-state index in [1.54, 1.807) is 0 Å². The number of hydrogen-bond donors (Lipinski definition) is 0. The van der Waals surface area contributed by atoms with E-state index in [-0.39, 0.29) is 0 Å². The zero-order valence-electron chi connectivity index (χ0n) is 9.82. The van der Waals surface area contributed by atoms with Crippen LogP contribution in [0.4, 0.5) is 0 Å². The molecule has 3 atom stereocenters. The molecule has 3 unspecified atom stereocenters. The predicted octanol–water partition coefficient (Wildman–Crippen LogP) is 3.10. The first kappa shape index (κ1) is 10.7. The Morgan fingerprint density at radius 2 is 2.07 bits per heavy atom. The quantitative estimate of drug-likeness (QED) is 0.665. The van der Waals surface area contributed by atoms with Crippen LogP contribution >= 0.6 is 0 Å². The second-order valence-corrected chi connectivity index (χ2v) is 4.63. The topological polar surface area (TPSA) is 3.01 Å². The highest BCUT2D eigenvalue weighted by atomic mass is 15.3. The van der Waals surface area contributed by atoms with Gasteiger partial charge in [-0.25, -0.2) is 0 Å². The van der Waals surface area contributed by atoms with Crippen LogP contribution in [0.25, 0.3) is 0 Å². The first-order valence-corrected chi connectivity index (χ1v) is 6.11. The van der Waals surface area contributed by atoms with Crippen LogP contribution in [0.5, 0.6) is 0 Å². The van der Waals surface area contributed by atoms with Crippen molar-refractivity contribution in [2.24, 2.45) is 0 Å². The van der Waals surface area contributed by atoms with Gasteiger partial charge in [0.2, 0.25) is 0 Å². The van der Waals surface area contributed by atoms with Crippen LogP contribution < -0.4 is 0 Å². The van der Waals surface area contributed by atoms with E-state index in [4.69, 9.17) is 0 Å². The Balaban J connectivity index is 1.73. The molecule has 1 aromatic carbocycles. The van der Waals surface area contributed by atoms with Gasteiger partial charge in [0, 0.05) is 18.6 Å². The minimum absolute atomic E-state index is 0.783. The average Bonchev–Trinajstić information content (AvgIpc) is 3.06. The molecule has 0 aliphatic carbocycles. The molecule has 0 amide bonds. The maximum absolute atomic E-state index is 2.61. The van der Waals surface area contributed by atoms with E-state index in [1.165, 1.54) is 31.4 Å². The van der Waals surface area contributed by atoms with E-state index in [0.29, 0.717) is 0 Å². The lowest BCUT2D eigenvalue weighted by Crippen LogP contribution is -2.15. The van der Waals surface area contributed by atoms with Gasteiger partial charge in [0.25, 0.3) is 0 Å². The summed E-state index contributed by atoms with van der Waals surface area (Å²) in [6, 6.07) is 12.5. The number of rotatable bonds is 5. The Kier molecular flexibility index (Phi) is 3.42. The molecule has 1 fully saturated rings. The predicted molar refractivity (Wildman–Crippen MR) is 65.0 cm³/mol. The maximum Gasteiger partial charge on any atom is 0.0230 e. The van der Waals surface area contributed by atoms with Gasteiger partial charge in [-0.2, -0.15) is 0 Å². The van der Waals surface area contributed by atoms with Crippen molar-refractivity contribution in [2.45, 2.75) is 45.2 Å². The van der Waals surface area contributed by atoms with Gasteiger partial charge in [0.05, 0.1) is 0 Å². The molecule has 0 spiro atoms. The summed E-state index contributed by atoms with van der Waals surface area (Å²) in [7, 11) is 0. The molecular weight excluding hydrogens is 182 g/mol. The van der Waals surface area contributed by atoms with Crippen molar-refractivity contribution in [2.75, 3.05) is 6.54 Å². The number of hydrogen-bond acceptors (Lipinski definition) is 1. The SMILES string of the molecule is CCC(C)N1CC1CCc1ccccc1. The van der Waals surface area contributed by atoms with Crippen LogP contribution in [0.15, 0.2) is 30.3 Å². The normalized spacial score (nSPS) is 26.3. The Hall–Kier alpha value is -0.820. The summed E-state index contributed by atoms with van der Waals surface area (Å²) in [6.45, 7) is 5.93. The fourth-order valence-corrected chi connectivity index (χ4v) is 2.21. The molecule has 1 aromatic rings. The van der Waals surface area contributed by atoms with Gasteiger partial charge < -0.3 is 0 Å². The summed E-state index contributed by atoms with van der Waals surface area (Å²) in [6.07, 6.45) is 3.84. The summed E-state index contributed by atoms with van der Waals surface area (Å²) in [4.78, 5) is 2.61. The van der Waals surface area contributed by atoms with Gasteiger partial charge in [-0.15, -0.1) is 0 Å². The first-order chi connectivity index (χ1) is 7.31. The molecule has 1 heterocycles. The number of nitrogens with zero attached hydrogens (tertiary/aromatic N) is 1. The Bertz CT molecular complexity index is 293. The Labute approximate surface area is 93.1 Å². The van der Waals surface area contributed by atoms with Crippen LogP contribution in [0.2, 0.25) is 0 Å². The third kappa shape index (κ3) is 2.82. The minimum atomic E-state index is 0.783. The fourth-order valence-electron chi connectivity index (χ4n) is 2.21. The lowest BCUT2D eigenvalue weighted by molar-refractivity contribution is 0.378. The molecule has 1 nitrogen and oxygen atoms in total. The van der Waals surface area contributed by atoms with Crippen molar-refractivity contribution in [1.29, 1.82) is 0 Å². The highest BCUT2D eigenvalue weighted by Gasteiger charge is 2.35. The lowest BCUT2D eigenvalue weighted by Gasteiger charge is -2.10. The maximum atomic E-state index is 2.61. The van der Waals surface area contributed by atoms with Crippen LogP contribution in [-0.2, 0) is 6.42 Å². The molecule has 0 aromatic heterocycles. The van der Waals surface area contributed by atoms with Gasteiger partial charge in [0.15, 0.2) is 0 Å². The zero-order valence-corrected chi connectivity index (χ0v) is 9.82. The van der Waals surface area contributed by atoms with E-state index in [2.05, 4.69) is 49.1 Å². The van der Waals surface area contributed by atoms with Gasteiger partial charge in [0.1, 0.15) is 0 Å². The van der Waals surface area contributed by atoms with Crippen LogP contribution in [0.1, 0.15) is 32.3 Å². The van der Waals surface area contributed by atoms with E-state index in [9.17, 15) is 0 Å². The highest BCUT2D eigenvalue weighted by molar-refractivity contribution is 5.15. The molecular formula is C14H21N. The average molecular weight is 203 g/mol. The van der Waals surface area contributed by atoms with E-state index in [0.717, 1.165) is 12.1 Å². The summed E-state index contributed by atoms with van der Waals surface area (Å²) in [5, 5.41) is 0. The van der Waals surface area contributed by atoms with Crippen molar-refractivity contribution in [3.63, 3.8) is 0 Å². The number of aryl methyl sites for hydroxylation is 1. The molecule has 15 heavy (non-hydrogen) atoms. The largest absolute Gasteiger partial charge is 0.295 e. The lowest BCUT2D eigenvalue weighted by atomic mass is 10.1. The first-order valence-electron chi connectivity index (χ1n) is 6.11. The van der Waals surface area contributed by atoms with Crippen molar-refractivity contribution in [3.05, 3.63) is 35.9 Å². The second kappa shape index (κ2) is 4.80. The van der Waals surface area contributed by atoms with Crippen molar-refractivity contribution >= 4 is 0 Å². The van der Waals surface area contributed by atoms with Gasteiger partial charge in [-0.05, 0) is 31.7 Å². The minimum Gasteiger partial charge on any atom is -0.295 e. The second-order valence-electron chi connectivity index (χ2n) is 4.63. The summed E-state index contributed by atoms with van der Waals surface area (Å²) < 4.78 is 0. The van der Waals surface area contributed by atoms with Crippen molar-refractivity contribution < 1.29 is 0 Å².